The van der Waals surface area contributed by atoms with Gasteiger partial charge in [0.15, 0.2) is 0 Å². The number of rotatable bonds is 18. The highest BCUT2D eigenvalue weighted by molar-refractivity contribution is 7.20. The second-order valence-corrected chi connectivity index (χ2v) is 17.9. The number of benzene rings is 4. The molecule has 0 saturated carbocycles. The fourth-order valence-electron chi connectivity index (χ4n) is 7.29. The van der Waals surface area contributed by atoms with Gasteiger partial charge in [-0.2, -0.15) is 0 Å². The van der Waals surface area contributed by atoms with E-state index in [0.717, 1.165) is 68.9 Å². The number of non-ortho nitro benzene ring substituents is 2. The third-order valence-corrected chi connectivity index (χ3v) is 13.0. The summed E-state index contributed by atoms with van der Waals surface area (Å²) in [6, 6.07) is 16.4. The van der Waals surface area contributed by atoms with Gasteiger partial charge in [-0.05, 0) is 102 Å². The number of hydrogen-bond acceptors (Lipinski definition) is 15. The van der Waals surface area contributed by atoms with E-state index in [1.807, 2.05) is 0 Å². The van der Waals surface area contributed by atoms with Crippen molar-refractivity contribution in [3.63, 3.8) is 0 Å². The number of carbonyl (C=O) groups is 4. The monoisotopic (exact) mass is 1020 g/mol. The van der Waals surface area contributed by atoms with E-state index in [9.17, 15) is 29.8 Å². The van der Waals surface area contributed by atoms with Crippen molar-refractivity contribution < 1.29 is 60.8 Å². The van der Waals surface area contributed by atoms with Gasteiger partial charge in [0.2, 0.25) is 0 Å². The van der Waals surface area contributed by atoms with E-state index in [4.69, 9.17) is 14.2 Å². The molecule has 6 aromatic rings. The van der Waals surface area contributed by atoms with E-state index >= 15 is 27.2 Å². The fraction of sp³-hybridized carbons (Fsp3) is 0.250. The standard InChI is InChI=1S/C48H44F4N6O11S2/c1-7-67-47(61)55(25-31-35(49)11-9-12-36(31)50)43-39(33(23-53(3)4)41(70-43)27-15-19-29(20-16-27)57(63)64)45(59)69-46(60)40-34(24-54(5)6)42(28-17-21-30(22-18-28)58(65)66)71-44(40)56(48(62)68-8-2)26-32-37(51)13-10-14-38(32)52/h9-22H,7-8,23-26H2,1-6H3. The van der Waals surface area contributed by atoms with Crippen molar-refractivity contribution in [1.29, 1.82) is 0 Å². The summed E-state index contributed by atoms with van der Waals surface area (Å²) in [6.45, 7) is 0.502. The molecule has 0 aliphatic carbocycles. The molecule has 2 amide bonds. The third-order valence-electron chi connectivity index (χ3n) is 10.4. The van der Waals surface area contributed by atoms with Crippen molar-refractivity contribution in [2.24, 2.45) is 0 Å². The molecule has 0 N–H and O–H groups in total. The summed E-state index contributed by atoms with van der Waals surface area (Å²) >= 11 is 1.51. The third kappa shape index (κ3) is 11.9. The predicted octanol–water partition coefficient (Wildman–Crippen LogP) is 11.0. The molecule has 0 radical (unpaired) electrons. The quantitative estimate of drug-likeness (QED) is 0.0197. The highest BCUT2D eigenvalue weighted by Gasteiger charge is 2.38. The average molecular weight is 1020 g/mol. The first-order valence-corrected chi connectivity index (χ1v) is 23.0. The predicted molar refractivity (Wildman–Crippen MR) is 256 cm³/mol. The van der Waals surface area contributed by atoms with Crippen LogP contribution in [-0.2, 0) is 40.4 Å². The van der Waals surface area contributed by atoms with Crippen LogP contribution in [0.3, 0.4) is 0 Å². The SMILES string of the molecule is CCOC(=O)N(Cc1c(F)cccc1F)c1sc(-c2ccc([N+](=O)[O-])cc2)c(CN(C)C)c1C(=O)OC(=O)c1c(N(Cc2c(F)cccc2F)C(=O)OCC)sc(-c2ccc([N+](=O)[O-])cc2)c1CN(C)C. The lowest BCUT2D eigenvalue weighted by atomic mass is 10.0. The van der Waals surface area contributed by atoms with Gasteiger partial charge in [-0.1, -0.05) is 12.1 Å². The minimum Gasteiger partial charge on any atom is -0.449 e. The number of ether oxygens (including phenoxy) is 3. The van der Waals surface area contributed by atoms with E-state index in [2.05, 4.69) is 0 Å². The fourth-order valence-corrected chi connectivity index (χ4v) is 9.88. The molecular weight excluding hydrogens is 977 g/mol. The number of nitrogens with zero attached hydrogens (tertiary/aromatic N) is 6. The van der Waals surface area contributed by atoms with Crippen LogP contribution in [0.1, 0.15) is 56.8 Å². The zero-order valence-electron chi connectivity index (χ0n) is 38.8. The average Bonchev–Trinajstić information content (AvgIpc) is 3.86. The second kappa shape index (κ2) is 22.9. The van der Waals surface area contributed by atoms with E-state index in [0.29, 0.717) is 0 Å². The van der Waals surface area contributed by atoms with Crippen LogP contribution in [0.5, 0.6) is 0 Å². The number of nitro groups is 2. The smallest absolute Gasteiger partial charge is 0.415 e. The number of nitro benzene ring substituents is 2. The van der Waals surface area contributed by atoms with Gasteiger partial charge >= 0.3 is 24.1 Å². The molecule has 0 saturated heterocycles. The summed E-state index contributed by atoms with van der Waals surface area (Å²) < 4.78 is 78.0. The molecule has 71 heavy (non-hydrogen) atoms. The maximum absolute atomic E-state index is 15.4. The van der Waals surface area contributed by atoms with Gasteiger partial charge < -0.3 is 24.0 Å². The Morgan fingerprint density at radius 2 is 0.845 bits per heavy atom. The Balaban J connectivity index is 1.63. The summed E-state index contributed by atoms with van der Waals surface area (Å²) in [7, 11) is 6.51. The van der Waals surface area contributed by atoms with Crippen LogP contribution in [0.25, 0.3) is 20.9 Å². The minimum absolute atomic E-state index is 0.0961. The van der Waals surface area contributed by atoms with Crippen LogP contribution in [0.2, 0.25) is 0 Å². The lowest BCUT2D eigenvalue weighted by Gasteiger charge is -2.23. The molecule has 0 fully saturated rings. The summed E-state index contributed by atoms with van der Waals surface area (Å²) in [5.41, 5.74) is -1.93. The number of carbonyl (C=O) groups excluding carboxylic acids is 4. The number of amides is 2. The highest BCUT2D eigenvalue weighted by Crippen LogP contribution is 2.47. The topological polar surface area (TPSA) is 195 Å². The number of anilines is 2. The van der Waals surface area contributed by atoms with Crippen molar-refractivity contribution >= 4 is 68.2 Å². The van der Waals surface area contributed by atoms with E-state index in [1.54, 1.807) is 38.0 Å². The molecule has 0 bridgehead atoms. The second-order valence-electron chi connectivity index (χ2n) is 15.9. The first-order valence-electron chi connectivity index (χ1n) is 21.4. The minimum atomic E-state index is -1.43. The molecular formula is C48H44F4N6O11S2. The van der Waals surface area contributed by atoms with Gasteiger partial charge in [0.05, 0.1) is 36.1 Å². The Hall–Kier alpha value is -7.60. The summed E-state index contributed by atoms with van der Waals surface area (Å²) in [6.07, 6.45) is -2.34. The first kappa shape index (κ1) is 52.8. The van der Waals surface area contributed by atoms with Gasteiger partial charge in [0.1, 0.15) is 44.4 Å². The van der Waals surface area contributed by atoms with Crippen molar-refractivity contribution in [2.45, 2.75) is 40.0 Å². The molecule has 17 nitrogen and oxygen atoms in total. The molecule has 23 heteroatoms. The number of halogens is 4. The van der Waals surface area contributed by atoms with Crippen molar-refractivity contribution in [2.75, 3.05) is 51.2 Å². The maximum atomic E-state index is 15.4. The molecule has 0 aliphatic rings. The van der Waals surface area contributed by atoms with Crippen molar-refractivity contribution in [3.05, 3.63) is 162 Å². The normalized spacial score (nSPS) is 11.2. The Bertz CT molecular complexity index is 2760. The molecule has 2 heterocycles. The molecule has 0 atom stereocenters. The molecule has 6 rings (SSSR count). The molecule has 372 valence electrons. The molecule has 0 unspecified atom stereocenters. The van der Waals surface area contributed by atoms with Gasteiger partial charge in [0, 0.05) is 69.4 Å². The molecule has 0 spiro atoms. The van der Waals surface area contributed by atoms with Crippen LogP contribution in [-0.4, -0.2) is 85.2 Å². The lowest BCUT2D eigenvalue weighted by Crippen LogP contribution is -2.33. The Kier molecular flexibility index (Phi) is 17.0. The Labute approximate surface area is 411 Å². The Morgan fingerprint density at radius 3 is 1.13 bits per heavy atom. The number of esters is 2. The summed E-state index contributed by atoms with van der Waals surface area (Å²) in [4.78, 5) is 85.6. The van der Waals surface area contributed by atoms with Gasteiger partial charge in [-0.25, -0.2) is 36.7 Å². The Morgan fingerprint density at radius 1 is 0.521 bits per heavy atom. The molecule has 4 aromatic carbocycles. The number of hydrogen-bond donors (Lipinski definition) is 0. The van der Waals surface area contributed by atoms with E-state index < -0.39 is 92.6 Å². The zero-order valence-corrected chi connectivity index (χ0v) is 40.5. The largest absolute Gasteiger partial charge is 0.449 e. The maximum Gasteiger partial charge on any atom is 0.415 e. The van der Waals surface area contributed by atoms with Gasteiger partial charge in [-0.3, -0.25) is 30.0 Å². The van der Waals surface area contributed by atoms with Crippen LogP contribution in [0.15, 0.2) is 84.9 Å². The molecule has 2 aromatic heterocycles. The number of thiophene rings is 2. The van der Waals surface area contributed by atoms with Gasteiger partial charge in [0.25, 0.3) is 11.4 Å². The highest BCUT2D eigenvalue weighted by atomic mass is 32.1. The van der Waals surface area contributed by atoms with Crippen molar-refractivity contribution in [1.82, 2.24) is 9.80 Å². The van der Waals surface area contributed by atoms with E-state index in [1.165, 1.54) is 62.4 Å². The van der Waals surface area contributed by atoms with Crippen molar-refractivity contribution in [3.8, 4) is 20.9 Å². The van der Waals surface area contributed by atoms with E-state index in [-0.39, 0.29) is 79.7 Å². The van der Waals surface area contributed by atoms with Crippen LogP contribution >= 0.6 is 22.7 Å². The summed E-state index contributed by atoms with van der Waals surface area (Å²) in [5, 5.41) is 22.7. The first-order chi connectivity index (χ1) is 33.7. The van der Waals surface area contributed by atoms with Gasteiger partial charge in [-0.15, -0.1) is 22.7 Å². The summed E-state index contributed by atoms with van der Waals surface area (Å²) in [5.74, 6) is -7.07. The van der Waals surface area contributed by atoms with Crippen LogP contribution in [0.4, 0.5) is 48.5 Å². The van der Waals surface area contributed by atoms with Crippen LogP contribution in [0, 0.1) is 43.5 Å². The molecule has 0 aliphatic heterocycles. The van der Waals surface area contributed by atoms with Crippen LogP contribution < -0.4 is 9.80 Å². The lowest BCUT2D eigenvalue weighted by molar-refractivity contribution is -0.385. The zero-order chi connectivity index (χ0) is 51.8.